The topological polar surface area (TPSA) is 64.4 Å². The lowest BCUT2D eigenvalue weighted by Crippen LogP contribution is -2.48. The molecule has 1 aromatic rings. The van der Waals surface area contributed by atoms with Crippen LogP contribution in [0.2, 0.25) is 0 Å². The quantitative estimate of drug-likeness (QED) is 0.681. The van der Waals surface area contributed by atoms with Crippen LogP contribution >= 0.6 is 15.9 Å². The van der Waals surface area contributed by atoms with Gasteiger partial charge in [-0.2, -0.15) is 0 Å². The van der Waals surface area contributed by atoms with Crippen LogP contribution in [-0.2, 0) is 11.3 Å². The maximum Gasteiger partial charge on any atom is 0.283 e. The molecular formula is C13H17BrN2O3. The van der Waals surface area contributed by atoms with Crippen LogP contribution in [0.3, 0.4) is 0 Å². The Balaban J connectivity index is 2.03. The first-order valence-electron chi connectivity index (χ1n) is 6.26. The molecule has 1 atom stereocenters. The summed E-state index contributed by atoms with van der Waals surface area (Å²) < 4.78 is 5.98. The lowest BCUT2D eigenvalue weighted by atomic mass is 9.94. The number of benzene rings is 1. The predicted octanol–water partition coefficient (Wildman–Crippen LogP) is 3.02. The SMILES string of the molecule is CC1(NCc2ccc(Br)c([N+](=O)[O-])c2)CCCOC1. The van der Waals surface area contributed by atoms with Crippen molar-refractivity contribution < 1.29 is 9.66 Å². The molecule has 0 aromatic heterocycles. The number of ether oxygens (including phenoxy) is 1. The van der Waals surface area contributed by atoms with Gasteiger partial charge in [0.1, 0.15) is 0 Å². The van der Waals surface area contributed by atoms with Gasteiger partial charge >= 0.3 is 0 Å². The van der Waals surface area contributed by atoms with Crippen molar-refractivity contribution in [2.75, 3.05) is 13.2 Å². The maximum absolute atomic E-state index is 10.9. The minimum Gasteiger partial charge on any atom is -0.380 e. The molecule has 0 bridgehead atoms. The second kappa shape index (κ2) is 5.98. The van der Waals surface area contributed by atoms with E-state index in [2.05, 4.69) is 28.2 Å². The number of hydrogen-bond donors (Lipinski definition) is 1. The minimum absolute atomic E-state index is 0.0416. The van der Waals surface area contributed by atoms with Crippen molar-refractivity contribution in [3.63, 3.8) is 0 Å². The van der Waals surface area contributed by atoms with Gasteiger partial charge in [-0.3, -0.25) is 10.1 Å². The van der Waals surface area contributed by atoms with Gasteiger partial charge in [0.15, 0.2) is 0 Å². The molecule has 0 radical (unpaired) electrons. The molecule has 1 heterocycles. The Morgan fingerprint density at radius 3 is 3.00 bits per heavy atom. The van der Waals surface area contributed by atoms with Crippen LogP contribution in [0.4, 0.5) is 5.69 Å². The van der Waals surface area contributed by atoms with Crippen molar-refractivity contribution in [2.45, 2.75) is 31.8 Å². The van der Waals surface area contributed by atoms with Gasteiger partial charge in [-0.15, -0.1) is 0 Å². The Morgan fingerprint density at radius 2 is 2.37 bits per heavy atom. The number of halogens is 1. The molecule has 0 amide bonds. The van der Waals surface area contributed by atoms with E-state index in [4.69, 9.17) is 4.74 Å². The van der Waals surface area contributed by atoms with E-state index in [9.17, 15) is 10.1 Å². The highest BCUT2D eigenvalue weighted by atomic mass is 79.9. The average molecular weight is 329 g/mol. The Kier molecular flexibility index (Phi) is 4.54. The molecule has 6 heteroatoms. The van der Waals surface area contributed by atoms with Gasteiger partial charge in [-0.05, 0) is 47.3 Å². The standard InChI is InChI=1S/C13H17BrN2O3/c1-13(5-2-6-19-9-13)15-8-10-3-4-11(14)12(7-10)16(17)18/h3-4,7,15H,2,5-6,8-9H2,1H3. The van der Waals surface area contributed by atoms with Gasteiger partial charge < -0.3 is 10.1 Å². The normalized spacial score (nSPS) is 23.3. The van der Waals surface area contributed by atoms with Crippen LogP contribution in [-0.4, -0.2) is 23.7 Å². The van der Waals surface area contributed by atoms with Crippen molar-refractivity contribution in [1.29, 1.82) is 0 Å². The number of nitro groups is 1. The summed E-state index contributed by atoms with van der Waals surface area (Å²) >= 11 is 3.19. The van der Waals surface area contributed by atoms with Gasteiger partial charge in [0.25, 0.3) is 5.69 Å². The fourth-order valence-electron chi connectivity index (χ4n) is 2.20. The molecular weight excluding hydrogens is 312 g/mol. The lowest BCUT2D eigenvalue weighted by molar-refractivity contribution is -0.385. The number of rotatable bonds is 4. The van der Waals surface area contributed by atoms with Crippen LogP contribution in [0.25, 0.3) is 0 Å². The molecule has 1 fully saturated rings. The Morgan fingerprint density at radius 1 is 1.58 bits per heavy atom. The first-order valence-corrected chi connectivity index (χ1v) is 7.05. The van der Waals surface area contributed by atoms with Gasteiger partial charge in [-0.25, -0.2) is 0 Å². The first kappa shape index (κ1) is 14.4. The zero-order chi connectivity index (χ0) is 13.9. The molecule has 0 spiro atoms. The number of nitrogens with one attached hydrogen (secondary N) is 1. The van der Waals surface area contributed by atoms with Crippen molar-refractivity contribution >= 4 is 21.6 Å². The lowest BCUT2D eigenvalue weighted by Gasteiger charge is -2.34. The molecule has 2 rings (SSSR count). The van der Waals surface area contributed by atoms with E-state index in [1.165, 1.54) is 0 Å². The first-order chi connectivity index (χ1) is 9.00. The van der Waals surface area contributed by atoms with E-state index in [0.29, 0.717) is 17.6 Å². The summed E-state index contributed by atoms with van der Waals surface area (Å²) in [7, 11) is 0. The summed E-state index contributed by atoms with van der Waals surface area (Å²) in [6.07, 6.45) is 2.11. The monoisotopic (exact) mass is 328 g/mol. The molecule has 19 heavy (non-hydrogen) atoms. The maximum atomic E-state index is 10.9. The van der Waals surface area contributed by atoms with E-state index in [-0.39, 0.29) is 16.1 Å². The van der Waals surface area contributed by atoms with Crippen LogP contribution in [0.1, 0.15) is 25.3 Å². The Bertz CT molecular complexity index is 473. The summed E-state index contributed by atoms with van der Waals surface area (Å²) in [5, 5.41) is 14.3. The summed E-state index contributed by atoms with van der Waals surface area (Å²) in [5.41, 5.74) is 0.964. The number of hydrogen-bond acceptors (Lipinski definition) is 4. The summed E-state index contributed by atoms with van der Waals surface area (Å²) in [4.78, 5) is 10.5. The third kappa shape index (κ3) is 3.75. The molecule has 104 valence electrons. The Hall–Kier alpha value is -0.980. The van der Waals surface area contributed by atoms with E-state index in [1.54, 1.807) is 12.1 Å². The van der Waals surface area contributed by atoms with E-state index in [1.807, 2.05) is 6.07 Å². The van der Waals surface area contributed by atoms with Crippen molar-refractivity contribution in [3.05, 3.63) is 38.3 Å². The summed E-state index contributed by atoms with van der Waals surface area (Å²) in [5.74, 6) is 0. The van der Waals surface area contributed by atoms with E-state index in [0.717, 1.165) is 25.0 Å². The molecule has 0 aliphatic carbocycles. The van der Waals surface area contributed by atoms with Gasteiger partial charge in [0, 0.05) is 24.8 Å². The fraction of sp³-hybridized carbons (Fsp3) is 0.538. The second-order valence-electron chi connectivity index (χ2n) is 5.11. The highest BCUT2D eigenvalue weighted by Gasteiger charge is 2.26. The molecule has 1 aromatic carbocycles. The van der Waals surface area contributed by atoms with Crippen molar-refractivity contribution in [2.24, 2.45) is 0 Å². The minimum atomic E-state index is -0.376. The molecule has 1 aliphatic rings. The van der Waals surface area contributed by atoms with Gasteiger partial charge in [0.05, 0.1) is 16.0 Å². The zero-order valence-corrected chi connectivity index (χ0v) is 12.4. The highest BCUT2D eigenvalue weighted by Crippen LogP contribution is 2.26. The van der Waals surface area contributed by atoms with Crippen LogP contribution in [0.5, 0.6) is 0 Å². The second-order valence-corrected chi connectivity index (χ2v) is 5.97. The third-order valence-electron chi connectivity index (χ3n) is 3.36. The molecule has 5 nitrogen and oxygen atoms in total. The van der Waals surface area contributed by atoms with E-state index >= 15 is 0 Å². The molecule has 0 saturated carbocycles. The predicted molar refractivity (Wildman–Crippen MR) is 76.1 cm³/mol. The van der Waals surface area contributed by atoms with Gasteiger partial charge in [-0.1, -0.05) is 6.07 Å². The molecule has 1 unspecified atom stereocenters. The smallest absolute Gasteiger partial charge is 0.283 e. The summed E-state index contributed by atoms with van der Waals surface area (Å²) in [6.45, 7) is 4.24. The Labute approximate surface area is 120 Å². The molecule has 1 saturated heterocycles. The fourth-order valence-corrected chi connectivity index (χ4v) is 2.59. The summed E-state index contributed by atoms with van der Waals surface area (Å²) in [6, 6.07) is 5.20. The van der Waals surface area contributed by atoms with Crippen molar-refractivity contribution in [1.82, 2.24) is 5.32 Å². The number of nitro benzene ring substituents is 1. The van der Waals surface area contributed by atoms with Crippen LogP contribution in [0.15, 0.2) is 22.7 Å². The molecule has 1 aliphatic heterocycles. The molecule has 1 N–H and O–H groups in total. The zero-order valence-electron chi connectivity index (χ0n) is 10.8. The average Bonchev–Trinajstić information content (AvgIpc) is 2.38. The van der Waals surface area contributed by atoms with Gasteiger partial charge in [0.2, 0.25) is 0 Å². The number of nitrogens with zero attached hydrogens (tertiary/aromatic N) is 1. The highest BCUT2D eigenvalue weighted by molar-refractivity contribution is 9.10. The van der Waals surface area contributed by atoms with Crippen LogP contribution in [0, 0.1) is 10.1 Å². The largest absolute Gasteiger partial charge is 0.380 e. The van der Waals surface area contributed by atoms with Crippen LogP contribution < -0.4 is 5.32 Å². The third-order valence-corrected chi connectivity index (χ3v) is 4.03. The van der Waals surface area contributed by atoms with Crippen molar-refractivity contribution in [3.8, 4) is 0 Å². The van der Waals surface area contributed by atoms with E-state index < -0.39 is 0 Å².